The minimum Gasteiger partial charge on any atom is -0.662 e. The van der Waals surface area contributed by atoms with Gasteiger partial charge >= 0.3 is 86.8 Å². The largest absolute Gasteiger partial charge is 1.00 e. The molecular weight excluding hydrogens is 1600 g/mol. The van der Waals surface area contributed by atoms with E-state index in [0.717, 1.165) is 69.4 Å². The number of hydrogen-bond acceptors (Lipinski definition) is 12. The molecule has 13 aromatic rings. The van der Waals surface area contributed by atoms with Crippen LogP contribution in [0.1, 0.15) is 112 Å². The van der Waals surface area contributed by atoms with Crippen molar-refractivity contribution >= 4 is 99.3 Å². The number of fused-ring (bicyclic) bond motifs is 4. The number of pyridine rings is 4. The minimum atomic E-state index is -0.967. The van der Waals surface area contributed by atoms with Gasteiger partial charge in [0.15, 0.2) is 0 Å². The van der Waals surface area contributed by atoms with Crippen molar-refractivity contribution < 1.29 is 113 Å². The van der Waals surface area contributed by atoms with E-state index in [9.17, 15) is 33.6 Å². The van der Waals surface area contributed by atoms with Gasteiger partial charge in [-0.25, -0.2) is 14.4 Å². The van der Waals surface area contributed by atoms with E-state index in [-0.39, 0.29) is 115 Å². The third kappa shape index (κ3) is 24.9. The summed E-state index contributed by atoms with van der Waals surface area (Å²) in [6.07, 6.45) is 8.32. The maximum atomic E-state index is 13.2. The first-order valence-electron chi connectivity index (χ1n) is 33.4. The normalized spacial score (nSPS) is 10.6. The number of nitrogens with one attached hydrogen (secondary N) is 1. The summed E-state index contributed by atoms with van der Waals surface area (Å²) in [6, 6.07) is 71.3. The van der Waals surface area contributed by atoms with Crippen LogP contribution in [0.25, 0.3) is 43.1 Å². The molecule has 4 heterocycles. The van der Waals surface area contributed by atoms with Gasteiger partial charge in [0.05, 0.1) is 36.3 Å². The predicted octanol–water partition coefficient (Wildman–Crippen LogP) is 12.4. The molecular formula is C87H73Br2CsN4O13. The Morgan fingerprint density at radius 3 is 1.14 bits per heavy atom. The number of aromatic amines is 1. The van der Waals surface area contributed by atoms with Crippen molar-refractivity contribution in [1.82, 2.24) is 18.7 Å². The number of carbonyl (C=O) groups excluding carboxylic acids is 3. The molecule has 2 N–H and O–H groups in total. The molecule has 0 aliphatic heterocycles. The van der Waals surface area contributed by atoms with Crippen LogP contribution in [0.2, 0.25) is 0 Å². The number of rotatable bonds is 12. The zero-order valence-corrected chi connectivity index (χ0v) is 69.3. The van der Waals surface area contributed by atoms with Crippen LogP contribution in [0.15, 0.2) is 283 Å². The molecule has 0 unspecified atom stereocenters. The van der Waals surface area contributed by atoms with Gasteiger partial charge in [0.2, 0.25) is 0 Å². The number of aromatic nitrogens is 4. The average molecular weight is 1680 g/mol. The molecule has 0 bridgehead atoms. The van der Waals surface area contributed by atoms with E-state index < -0.39 is 17.2 Å². The molecule has 0 saturated carbocycles. The Morgan fingerprint density at radius 2 is 0.785 bits per heavy atom. The molecule has 0 aliphatic rings. The summed E-state index contributed by atoms with van der Waals surface area (Å²) in [4.78, 5) is 99.2. The van der Waals surface area contributed by atoms with Crippen LogP contribution in [-0.4, -0.2) is 59.4 Å². The SMILES string of the molecule is CC(C)(C)OC(=O)c1ccc(Cn2ccc3ccc(Br)cc3c2=O)cc1.CC(C)(C)OC(=O)c1ccc(Cn2ccc3ccc(C#CCc4ccccc4)cc3c2=O)cc1.O=C(O)c1ccc(Cn2ccc3ccc(C#CCc4ccccc4)cc3c2=O)cc1.O=CO[O-].O=c1[nH]ccc2ccc(Br)cc12.[Cs+]. The van der Waals surface area contributed by atoms with Gasteiger partial charge < -0.3 is 43.4 Å². The summed E-state index contributed by atoms with van der Waals surface area (Å²) in [5.41, 5.74) is 6.56. The molecule has 17 nitrogen and oxygen atoms in total. The summed E-state index contributed by atoms with van der Waals surface area (Å²) in [5.74, 6) is 11.0. The molecule has 0 amide bonds. The molecule has 13 rings (SSSR count). The third-order valence-corrected chi connectivity index (χ3v) is 16.8. The fourth-order valence-electron chi connectivity index (χ4n) is 10.7. The molecule has 0 saturated heterocycles. The molecule has 0 spiro atoms. The first-order valence-corrected chi connectivity index (χ1v) is 35.0. The van der Waals surface area contributed by atoms with Gasteiger partial charge in [-0.3, -0.25) is 24.0 Å². The van der Waals surface area contributed by atoms with Gasteiger partial charge in [-0.1, -0.05) is 177 Å². The Kier molecular flexibility index (Phi) is 30.4. The summed E-state index contributed by atoms with van der Waals surface area (Å²) >= 11 is 6.72. The zero-order valence-electron chi connectivity index (χ0n) is 59.8. The van der Waals surface area contributed by atoms with Crippen molar-refractivity contribution in [3.8, 4) is 23.7 Å². The molecule has 9 aromatic carbocycles. The van der Waals surface area contributed by atoms with Crippen molar-refractivity contribution in [2.45, 2.75) is 85.2 Å². The number of hydrogen-bond donors (Lipinski definition) is 2. The Morgan fingerprint density at radius 1 is 0.449 bits per heavy atom. The molecule has 0 radical (unpaired) electrons. The van der Waals surface area contributed by atoms with E-state index in [1.807, 2.05) is 224 Å². The Labute approximate surface area is 693 Å². The van der Waals surface area contributed by atoms with Gasteiger partial charge in [0.1, 0.15) is 11.2 Å². The second kappa shape index (κ2) is 39.4. The van der Waals surface area contributed by atoms with E-state index in [0.29, 0.717) is 65.1 Å². The van der Waals surface area contributed by atoms with Crippen molar-refractivity contribution in [2.24, 2.45) is 0 Å². The standard InChI is InChI=1S/C30H27NO3.C26H19NO3.C21H20BrNO3.C9H6BrNO.CH2O3.Cs/c1-30(2,3)34-29(33)26-16-13-24(14-17-26)21-31-19-18-25-15-12-23(20-27(25)28(31)32)11-7-10-22-8-5-4-6-9-22;28-25-24-17-20(8-4-7-19-5-2-1-3-6-19)9-12-22(24)15-16-27(25)18-21-10-13-23(14-11-21)26(29)30;1-21(2,3)26-20(25)16-6-4-14(5-7-16)13-23-11-10-15-8-9-17(22)12-18(15)19(23)24;10-7-2-1-6-3-4-11-9(12)8(6)5-7;2-1-4-3;/h4-6,8-9,12-20H,10,21H2,1-3H3;1-3,5-6,9-17H,7,18H2,(H,29,30);4-12H,13H2,1-3H3;1-5H,(H,11,12);1,3H;/q;;;;;+1/p-1. The monoisotopic (exact) mass is 1670 g/mol. The van der Waals surface area contributed by atoms with Gasteiger partial charge in [-0.15, -0.1) is 0 Å². The summed E-state index contributed by atoms with van der Waals surface area (Å²) < 4.78 is 17.5. The Bertz CT molecular complexity index is 5690. The van der Waals surface area contributed by atoms with Crippen LogP contribution in [0.3, 0.4) is 0 Å². The number of carboxylic acid groups (broad SMARTS) is 1. The van der Waals surface area contributed by atoms with E-state index in [1.54, 1.807) is 87.0 Å². The molecule has 0 atom stereocenters. The fourth-order valence-corrected chi connectivity index (χ4v) is 11.4. The molecule has 4 aromatic heterocycles. The number of benzene rings is 9. The second-order valence-corrected chi connectivity index (χ2v) is 28.0. The molecule has 0 aliphatic carbocycles. The van der Waals surface area contributed by atoms with Crippen LogP contribution in [0.5, 0.6) is 0 Å². The quantitative estimate of drug-likeness (QED) is 0.0381. The first kappa shape index (κ1) is 82.4. The number of nitrogens with zero attached hydrogens (tertiary/aromatic N) is 3. The Hall–Kier alpha value is -10.2. The number of halogens is 2. The van der Waals surface area contributed by atoms with Crippen LogP contribution < -0.4 is 96.4 Å². The number of carbonyl (C=O) groups is 4. The van der Waals surface area contributed by atoms with Crippen LogP contribution in [-0.2, 0) is 51.6 Å². The van der Waals surface area contributed by atoms with Gasteiger partial charge in [0, 0.05) is 79.2 Å². The number of ether oxygens (including phenoxy) is 2. The topological polar surface area (TPSA) is 238 Å². The minimum absolute atomic E-state index is 0. The maximum Gasteiger partial charge on any atom is 1.00 e. The van der Waals surface area contributed by atoms with Crippen molar-refractivity contribution in [1.29, 1.82) is 0 Å². The Balaban J connectivity index is 0.000000183. The van der Waals surface area contributed by atoms with Crippen molar-refractivity contribution in [3.05, 3.63) is 361 Å². The van der Waals surface area contributed by atoms with Gasteiger partial charge in [-0.05, 0) is 200 Å². The van der Waals surface area contributed by atoms with Crippen molar-refractivity contribution in [3.63, 3.8) is 0 Å². The number of H-pyrrole nitrogens is 1. The number of carboxylic acids is 1. The zero-order chi connectivity index (χ0) is 75.9. The molecule has 0 fully saturated rings. The number of esters is 2. The summed E-state index contributed by atoms with van der Waals surface area (Å²) in [6.45, 7) is 12.1. The van der Waals surface area contributed by atoms with E-state index in [4.69, 9.17) is 24.6 Å². The summed E-state index contributed by atoms with van der Waals surface area (Å²) in [7, 11) is 0. The maximum absolute atomic E-state index is 13.2. The molecule has 107 heavy (non-hydrogen) atoms. The van der Waals surface area contributed by atoms with E-state index >= 15 is 0 Å². The third-order valence-electron chi connectivity index (χ3n) is 15.8. The van der Waals surface area contributed by atoms with Gasteiger partial charge in [-0.2, -0.15) is 0 Å². The fraction of sp³-hybridized carbons (Fsp3) is 0.149. The van der Waals surface area contributed by atoms with Crippen LogP contribution in [0.4, 0.5) is 0 Å². The number of aromatic carboxylic acids is 1. The molecule has 20 heteroatoms. The van der Waals surface area contributed by atoms with E-state index in [2.05, 4.69) is 65.4 Å². The average Bonchev–Trinajstić information content (AvgIpc) is 0.811. The van der Waals surface area contributed by atoms with Gasteiger partial charge in [0.25, 0.3) is 28.7 Å². The molecule has 534 valence electrons. The van der Waals surface area contributed by atoms with Crippen molar-refractivity contribution in [2.75, 3.05) is 0 Å². The van der Waals surface area contributed by atoms with Crippen LogP contribution >= 0.6 is 31.9 Å². The second-order valence-electron chi connectivity index (χ2n) is 26.1. The smallest absolute Gasteiger partial charge is 0.662 e. The first-order chi connectivity index (χ1) is 50.8. The summed E-state index contributed by atoms with van der Waals surface area (Å²) in [5, 5.41) is 23.7. The van der Waals surface area contributed by atoms with E-state index in [1.165, 1.54) is 0 Å². The predicted molar refractivity (Wildman–Crippen MR) is 420 cm³/mol. The van der Waals surface area contributed by atoms with Crippen LogP contribution in [0, 0.1) is 23.7 Å².